The van der Waals surface area contributed by atoms with E-state index < -0.39 is 5.60 Å². The van der Waals surface area contributed by atoms with Crippen molar-refractivity contribution in [2.75, 3.05) is 19.6 Å². The summed E-state index contributed by atoms with van der Waals surface area (Å²) < 4.78 is 7.97. The van der Waals surface area contributed by atoms with Gasteiger partial charge in [0, 0.05) is 48.4 Å². The van der Waals surface area contributed by atoms with Crippen molar-refractivity contribution in [3.05, 3.63) is 36.7 Å². The molecule has 1 aliphatic heterocycles. The molecule has 1 aromatic heterocycles. The highest BCUT2D eigenvalue weighted by molar-refractivity contribution is 7.97. The number of rotatable bonds is 2. The summed E-state index contributed by atoms with van der Waals surface area (Å²) in [7, 11) is 0. The number of nitrogens with zero attached hydrogens (tertiary/aromatic N) is 3. The van der Waals surface area contributed by atoms with Crippen LogP contribution in [0.4, 0.5) is 4.79 Å². The molecular formula is C21H29N3O2S. The molecule has 0 unspecified atom stereocenters. The number of carbonyl (C=O) groups is 1. The molecule has 0 spiro atoms. The van der Waals surface area contributed by atoms with Gasteiger partial charge in [-0.1, -0.05) is 6.07 Å². The molecule has 5 nitrogen and oxygen atoms in total. The van der Waals surface area contributed by atoms with E-state index in [1.165, 1.54) is 10.3 Å². The van der Waals surface area contributed by atoms with Gasteiger partial charge in [-0.05, 0) is 76.1 Å². The molecule has 1 atom stereocenters. The molecule has 1 fully saturated rings. The van der Waals surface area contributed by atoms with Crippen LogP contribution in [0, 0.1) is 0 Å². The van der Waals surface area contributed by atoms with E-state index in [4.69, 9.17) is 4.74 Å². The Balaban J connectivity index is 1.68. The Hall–Kier alpha value is -1.79. The van der Waals surface area contributed by atoms with E-state index in [2.05, 4.69) is 34.4 Å². The summed E-state index contributed by atoms with van der Waals surface area (Å²) in [5.41, 5.74) is -0.461. The molecule has 3 rings (SSSR count). The van der Waals surface area contributed by atoms with Gasteiger partial charge in [-0.25, -0.2) is 9.10 Å². The molecule has 146 valence electrons. The van der Waals surface area contributed by atoms with E-state index in [1.807, 2.05) is 44.1 Å². The van der Waals surface area contributed by atoms with Crippen molar-refractivity contribution in [3.8, 4) is 0 Å². The van der Waals surface area contributed by atoms with Crippen LogP contribution in [0.1, 0.15) is 40.5 Å². The maximum Gasteiger partial charge on any atom is 0.410 e. The van der Waals surface area contributed by atoms with Gasteiger partial charge < -0.3 is 9.64 Å². The van der Waals surface area contributed by atoms with Crippen molar-refractivity contribution >= 4 is 28.8 Å². The molecule has 6 heteroatoms. The summed E-state index contributed by atoms with van der Waals surface area (Å²) in [5.74, 6) is 0. The minimum atomic E-state index is -0.461. The Labute approximate surface area is 166 Å². The Bertz CT molecular complexity index is 790. The van der Waals surface area contributed by atoms with Gasteiger partial charge in [-0.2, -0.15) is 0 Å². The van der Waals surface area contributed by atoms with Crippen molar-refractivity contribution in [1.29, 1.82) is 0 Å². The number of benzene rings is 1. The molecule has 0 radical (unpaired) electrons. The lowest BCUT2D eigenvalue weighted by Gasteiger charge is -2.36. The summed E-state index contributed by atoms with van der Waals surface area (Å²) in [6, 6.07) is 8.76. The highest BCUT2D eigenvalue weighted by Crippen LogP contribution is 2.29. The summed E-state index contributed by atoms with van der Waals surface area (Å²) in [5, 5.41) is 2.35. The lowest BCUT2D eigenvalue weighted by atomic mass is 10.2. The van der Waals surface area contributed by atoms with Gasteiger partial charge in [0.2, 0.25) is 0 Å². The molecule has 0 aliphatic carbocycles. The number of carbonyl (C=O) groups excluding carboxylic acids is 1. The van der Waals surface area contributed by atoms with Crippen LogP contribution in [0.5, 0.6) is 0 Å². The highest BCUT2D eigenvalue weighted by atomic mass is 32.2. The van der Waals surface area contributed by atoms with Gasteiger partial charge in [0.05, 0.1) is 0 Å². The number of fused-ring (bicyclic) bond motifs is 1. The van der Waals surface area contributed by atoms with Crippen molar-refractivity contribution < 1.29 is 9.53 Å². The van der Waals surface area contributed by atoms with Gasteiger partial charge >= 0.3 is 6.09 Å². The van der Waals surface area contributed by atoms with Crippen LogP contribution in [0.15, 0.2) is 41.6 Å². The third kappa shape index (κ3) is 5.59. The molecule has 1 aromatic carbocycles. The Morgan fingerprint density at radius 2 is 1.96 bits per heavy atom. The number of pyridine rings is 1. The zero-order chi connectivity index (χ0) is 19.4. The molecule has 0 saturated carbocycles. The Morgan fingerprint density at radius 3 is 2.74 bits per heavy atom. The maximum absolute atomic E-state index is 12.5. The summed E-state index contributed by atoms with van der Waals surface area (Å²) in [6.07, 6.45) is 5.56. The second-order valence-electron chi connectivity index (χ2n) is 8.10. The second-order valence-corrected chi connectivity index (χ2v) is 9.22. The lowest BCUT2D eigenvalue weighted by Crippen LogP contribution is -2.46. The zero-order valence-electron chi connectivity index (χ0n) is 16.6. The first-order valence-electron chi connectivity index (χ1n) is 9.58. The first kappa shape index (κ1) is 20.0. The summed E-state index contributed by atoms with van der Waals surface area (Å²) >= 11 is 1.77. The van der Waals surface area contributed by atoms with Crippen LogP contribution in [-0.4, -0.2) is 51.6 Å². The highest BCUT2D eigenvalue weighted by Gasteiger charge is 2.27. The molecule has 0 N–H and O–H groups in total. The van der Waals surface area contributed by atoms with Crippen molar-refractivity contribution in [1.82, 2.24) is 14.2 Å². The van der Waals surface area contributed by atoms with Crippen molar-refractivity contribution in [2.24, 2.45) is 0 Å². The molecular weight excluding hydrogens is 358 g/mol. The topological polar surface area (TPSA) is 45.7 Å². The number of amides is 1. The Morgan fingerprint density at radius 1 is 1.19 bits per heavy atom. The zero-order valence-corrected chi connectivity index (χ0v) is 17.5. The van der Waals surface area contributed by atoms with Gasteiger partial charge in [0.15, 0.2) is 0 Å². The quantitative estimate of drug-likeness (QED) is 0.681. The van der Waals surface area contributed by atoms with Gasteiger partial charge in [-0.15, -0.1) is 0 Å². The van der Waals surface area contributed by atoms with E-state index in [-0.39, 0.29) is 12.1 Å². The van der Waals surface area contributed by atoms with E-state index in [1.54, 1.807) is 11.9 Å². The molecule has 2 aromatic rings. The molecule has 0 bridgehead atoms. The molecule has 2 heterocycles. The average Bonchev–Trinajstić information content (AvgIpc) is 2.59. The first-order valence-corrected chi connectivity index (χ1v) is 10.4. The summed E-state index contributed by atoms with van der Waals surface area (Å²) in [4.78, 5) is 19.8. The second kappa shape index (κ2) is 8.48. The van der Waals surface area contributed by atoms with Crippen LogP contribution in [-0.2, 0) is 4.74 Å². The fourth-order valence-electron chi connectivity index (χ4n) is 3.17. The molecule has 27 heavy (non-hydrogen) atoms. The predicted octanol–water partition coefficient (Wildman–Crippen LogP) is 4.96. The van der Waals surface area contributed by atoms with Gasteiger partial charge in [0.1, 0.15) is 5.60 Å². The lowest BCUT2D eigenvalue weighted by molar-refractivity contribution is 0.0201. The fraction of sp³-hybridized carbons (Fsp3) is 0.524. The average molecular weight is 388 g/mol. The smallest absolute Gasteiger partial charge is 0.410 e. The monoisotopic (exact) mass is 387 g/mol. The van der Waals surface area contributed by atoms with E-state index >= 15 is 0 Å². The number of hydrogen-bond donors (Lipinski definition) is 0. The van der Waals surface area contributed by atoms with Gasteiger partial charge in [-0.3, -0.25) is 4.98 Å². The van der Waals surface area contributed by atoms with E-state index in [9.17, 15) is 4.79 Å². The Kier molecular flexibility index (Phi) is 6.27. The molecule has 1 amide bonds. The predicted molar refractivity (Wildman–Crippen MR) is 111 cm³/mol. The minimum absolute atomic E-state index is 0.209. The van der Waals surface area contributed by atoms with Crippen LogP contribution in [0.25, 0.3) is 10.8 Å². The SMILES string of the molecule is C[C@@H]1CN(C(=O)OC(C)(C)C)CCCCN1Sc1ccc2cnccc2c1. The van der Waals surface area contributed by atoms with Crippen LogP contribution in [0.3, 0.4) is 0 Å². The third-order valence-corrected chi connectivity index (χ3v) is 5.76. The van der Waals surface area contributed by atoms with Crippen molar-refractivity contribution in [2.45, 2.75) is 57.1 Å². The van der Waals surface area contributed by atoms with E-state index in [0.717, 1.165) is 31.3 Å². The standard InChI is InChI=1S/C21H29N3O2S/c1-16-15-23(20(25)26-21(2,3)4)11-5-6-12-24(16)27-19-8-7-18-14-22-10-9-17(18)13-19/h7-10,13-14,16H,5-6,11-12,15H2,1-4H3/t16-/m1/s1. The normalized spacial score (nSPS) is 19.6. The minimum Gasteiger partial charge on any atom is -0.444 e. The number of aromatic nitrogens is 1. The van der Waals surface area contributed by atoms with Gasteiger partial charge in [0.25, 0.3) is 0 Å². The van der Waals surface area contributed by atoms with Crippen LogP contribution < -0.4 is 0 Å². The molecule has 1 saturated heterocycles. The fourth-order valence-corrected chi connectivity index (χ4v) is 4.22. The van der Waals surface area contributed by atoms with Crippen LogP contribution in [0.2, 0.25) is 0 Å². The van der Waals surface area contributed by atoms with Crippen molar-refractivity contribution in [3.63, 3.8) is 0 Å². The van der Waals surface area contributed by atoms with E-state index in [0.29, 0.717) is 6.54 Å². The summed E-state index contributed by atoms with van der Waals surface area (Å²) in [6.45, 7) is 10.4. The number of ether oxygens (including phenoxy) is 1. The third-order valence-electron chi connectivity index (χ3n) is 4.52. The maximum atomic E-state index is 12.5. The van der Waals surface area contributed by atoms with Crippen LogP contribution >= 0.6 is 11.9 Å². The first-order chi connectivity index (χ1) is 12.8. The largest absolute Gasteiger partial charge is 0.444 e. The molecule has 1 aliphatic rings. The number of hydrogen-bond acceptors (Lipinski definition) is 5.